The minimum atomic E-state index is -1.13. The van der Waals surface area contributed by atoms with Gasteiger partial charge in [-0.25, -0.2) is 14.6 Å². The molecule has 0 aromatic carbocycles. The molecule has 0 aliphatic carbocycles. The molecule has 0 saturated carbocycles. The van der Waals surface area contributed by atoms with Gasteiger partial charge in [0.2, 0.25) is 0 Å². The molecular formula is C15H24N2O5S. The van der Waals surface area contributed by atoms with E-state index in [1.54, 1.807) is 20.8 Å². The van der Waals surface area contributed by atoms with Crippen molar-refractivity contribution < 1.29 is 24.5 Å². The molecular weight excluding hydrogens is 320 g/mol. The van der Waals surface area contributed by atoms with Crippen LogP contribution >= 0.6 is 11.3 Å². The number of hydrogen-bond donors (Lipinski definition) is 3. The predicted molar refractivity (Wildman–Crippen MR) is 86.6 cm³/mol. The first-order chi connectivity index (χ1) is 10.5. The second kappa shape index (κ2) is 7.74. The summed E-state index contributed by atoms with van der Waals surface area (Å²) in [4.78, 5) is 26.6. The molecule has 1 aromatic heterocycles. The van der Waals surface area contributed by atoms with Crippen LogP contribution in [0.2, 0.25) is 0 Å². The summed E-state index contributed by atoms with van der Waals surface area (Å²) in [6, 6.07) is -0.322. The van der Waals surface area contributed by atoms with E-state index in [0.717, 1.165) is 11.3 Å². The Morgan fingerprint density at radius 3 is 2.43 bits per heavy atom. The Balaban J connectivity index is 2.71. The van der Waals surface area contributed by atoms with E-state index < -0.39 is 23.8 Å². The zero-order chi connectivity index (χ0) is 17.8. The van der Waals surface area contributed by atoms with Crippen molar-refractivity contribution in [1.82, 2.24) is 10.3 Å². The SMILES string of the molecule is CC(C)[C@@H](CC(O)c1nc(C(=O)O)cs1)NC(=O)OC(C)(C)C. The maximum absolute atomic E-state index is 11.9. The summed E-state index contributed by atoms with van der Waals surface area (Å²) in [6.07, 6.45) is -1.27. The van der Waals surface area contributed by atoms with Crippen molar-refractivity contribution in [3.8, 4) is 0 Å². The number of aliphatic hydroxyl groups is 1. The lowest BCUT2D eigenvalue weighted by atomic mass is 9.98. The minimum Gasteiger partial charge on any atom is -0.476 e. The number of aromatic nitrogens is 1. The van der Waals surface area contributed by atoms with Crippen LogP contribution in [-0.4, -0.2) is 38.9 Å². The van der Waals surface area contributed by atoms with E-state index in [9.17, 15) is 14.7 Å². The number of thiazole rings is 1. The second-order valence-corrected chi connectivity index (χ2v) is 7.51. The van der Waals surface area contributed by atoms with Gasteiger partial charge in [-0.2, -0.15) is 0 Å². The quantitative estimate of drug-likeness (QED) is 0.732. The molecule has 3 N–H and O–H groups in total. The van der Waals surface area contributed by atoms with Crippen LogP contribution in [0.4, 0.5) is 4.79 Å². The number of alkyl carbamates (subject to hydrolysis) is 1. The number of carbonyl (C=O) groups is 2. The van der Waals surface area contributed by atoms with Crippen LogP contribution in [0.25, 0.3) is 0 Å². The van der Waals surface area contributed by atoms with Crippen LogP contribution in [0.1, 0.15) is 62.6 Å². The van der Waals surface area contributed by atoms with E-state index in [4.69, 9.17) is 9.84 Å². The van der Waals surface area contributed by atoms with Crippen LogP contribution in [0, 0.1) is 5.92 Å². The number of carbonyl (C=O) groups excluding carboxylic acids is 1. The van der Waals surface area contributed by atoms with Crippen LogP contribution < -0.4 is 5.32 Å². The largest absolute Gasteiger partial charge is 0.476 e. The maximum atomic E-state index is 11.9. The monoisotopic (exact) mass is 344 g/mol. The fraction of sp³-hybridized carbons (Fsp3) is 0.667. The highest BCUT2D eigenvalue weighted by molar-refractivity contribution is 7.09. The number of carboxylic acids is 1. The number of amides is 1. The van der Waals surface area contributed by atoms with E-state index in [-0.39, 0.29) is 24.1 Å². The second-order valence-electron chi connectivity index (χ2n) is 6.62. The third-order valence-electron chi connectivity index (χ3n) is 3.01. The van der Waals surface area contributed by atoms with Crippen molar-refractivity contribution in [2.24, 2.45) is 5.92 Å². The fourth-order valence-electron chi connectivity index (χ4n) is 1.84. The Kier molecular flexibility index (Phi) is 6.52. The van der Waals surface area contributed by atoms with Gasteiger partial charge in [-0.3, -0.25) is 0 Å². The molecule has 2 atom stereocenters. The highest BCUT2D eigenvalue weighted by Crippen LogP contribution is 2.24. The van der Waals surface area contributed by atoms with Gasteiger partial charge >= 0.3 is 12.1 Å². The fourth-order valence-corrected chi connectivity index (χ4v) is 2.63. The van der Waals surface area contributed by atoms with Crippen LogP contribution in [-0.2, 0) is 4.74 Å². The van der Waals surface area contributed by atoms with Gasteiger partial charge in [0, 0.05) is 17.8 Å². The Labute approximate surface area is 139 Å². The molecule has 1 heterocycles. The van der Waals surface area contributed by atoms with Crippen molar-refractivity contribution in [3.63, 3.8) is 0 Å². The zero-order valence-electron chi connectivity index (χ0n) is 14.0. The molecule has 23 heavy (non-hydrogen) atoms. The lowest BCUT2D eigenvalue weighted by Gasteiger charge is -2.26. The highest BCUT2D eigenvalue weighted by atomic mass is 32.1. The van der Waals surface area contributed by atoms with Gasteiger partial charge in [0.25, 0.3) is 0 Å². The normalized spacial score (nSPS) is 14.4. The molecule has 0 aliphatic rings. The first-order valence-electron chi connectivity index (χ1n) is 7.36. The van der Waals surface area contributed by atoms with E-state index in [1.165, 1.54) is 5.38 Å². The van der Waals surface area contributed by atoms with Crippen molar-refractivity contribution in [3.05, 3.63) is 16.1 Å². The third-order valence-corrected chi connectivity index (χ3v) is 3.96. The maximum Gasteiger partial charge on any atom is 0.407 e. The van der Waals surface area contributed by atoms with Crippen molar-refractivity contribution >= 4 is 23.4 Å². The molecule has 0 fully saturated rings. The van der Waals surface area contributed by atoms with Gasteiger partial charge in [-0.15, -0.1) is 11.3 Å². The lowest BCUT2D eigenvalue weighted by Crippen LogP contribution is -2.42. The number of rotatable bonds is 6. The summed E-state index contributed by atoms with van der Waals surface area (Å²) in [5, 5.41) is 23.6. The molecule has 1 unspecified atom stereocenters. The van der Waals surface area contributed by atoms with Gasteiger partial charge in [0.05, 0.1) is 0 Å². The average molecular weight is 344 g/mol. The zero-order valence-corrected chi connectivity index (χ0v) is 14.8. The van der Waals surface area contributed by atoms with Crippen LogP contribution in [0.5, 0.6) is 0 Å². The van der Waals surface area contributed by atoms with Gasteiger partial charge in [0.15, 0.2) is 5.69 Å². The first kappa shape index (κ1) is 19.4. The summed E-state index contributed by atoms with van der Waals surface area (Å²) in [5.41, 5.74) is -0.694. The molecule has 0 bridgehead atoms. The number of nitrogens with one attached hydrogen (secondary N) is 1. The Hall–Kier alpha value is -1.67. The standard InChI is InChI=1S/C15H24N2O5S/c1-8(2)9(17-14(21)22-15(3,4)5)6-11(18)12-16-10(7-23-12)13(19)20/h7-9,11,18H,6H2,1-5H3,(H,17,21)(H,19,20)/t9-,11?/m1/s1. The number of hydrogen-bond acceptors (Lipinski definition) is 6. The molecule has 1 rings (SSSR count). The van der Waals surface area contributed by atoms with Crippen LogP contribution in [0.3, 0.4) is 0 Å². The summed E-state index contributed by atoms with van der Waals surface area (Å²) in [7, 11) is 0. The van der Waals surface area contributed by atoms with Gasteiger partial charge in [-0.1, -0.05) is 13.8 Å². The summed E-state index contributed by atoms with van der Waals surface area (Å²) < 4.78 is 5.22. The van der Waals surface area contributed by atoms with Gasteiger partial charge in [-0.05, 0) is 26.7 Å². The van der Waals surface area contributed by atoms with Crippen molar-refractivity contribution in [1.29, 1.82) is 0 Å². The minimum absolute atomic E-state index is 0.0658. The van der Waals surface area contributed by atoms with Gasteiger partial charge in [0.1, 0.15) is 16.7 Å². The Morgan fingerprint density at radius 2 is 2.00 bits per heavy atom. The number of aromatic carboxylic acids is 1. The Bertz CT molecular complexity index is 550. The summed E-state index contributed by atoms with van der Waals surface area (Å²) in [6.45, 7) is 9.15. The van der Waals surface area contributed by atoms with E-state index >= 15 is 0 Å². The number of carboxylic acid groups (broad SMARTS) is 1. The molecule has 130 valence electrons. The van der Waals surface area contributed by atoms with Crippen molar-refractivity contribution in [2.45, 2.75) is 58.8 Å². The van der Waals surface area contributed by atoms with E-state index in [1.807, 2.05) is 13.8 Å². The topological polar surface area (TPSA) is 109 Å². The predicted octanol–water partition coefficient (Wildman–Crippen LogP) is 2.81. The molecule has 0 spiro atoms. The van der Waals surface area contributed by atoms with Crippen molar-refractivity contribution in [2.75, 3.05) is 0 Å². The van der Waals surface area contributed by atoms with Crippen LogP contribution in [0.15, 0.2) is 5.38 Å². The number of ether oxygens (including phenoxy) is 1. The smallest absolute Gasteiger partial charge is 0.407 e. The summed E-state index contributed by atoms with van der Waals surface area (Å²) in [5.74, 6) is -1.07. The molecule has 8 heteroatoms. The number of nitrogens with zero attached hydrogens (tertiary/aromatic N) is 1. The third kappa shape index (κ3) is 6.54. The van der Waals surface area contributed by atoms with E-state index in [2.05, 4.69) is 10.3 Å². The summed E-state index contributed by atoms with van der Waals surface area (Å²) >= 11 is 1.08. The highest BCUT2D eigenvalue weighted by Gasteiger charge is 2.25. The average Bonchev–Trinajstić information content (AvgIpc) is 2.85. The molecule has 0 radical (unpaired) electrons. The van der Waals surface area contributed by atoms with E-state index in [0.29, 0.717) is 5.01 Å². The first-order valence-corrected chi connectivity index (χ1v) is 8.24. The lowest BCUT2D eigenvalue weighted by molar-refractivity contribution is 0.0461. The molecule has 7 nitrogen and oxygen atoms in total. The Morgan fingerprint density at radius 1 is 1.39 bits per heavy atom. The molecule has 1 amide bonds. The molecule has 0 saturated heterocycles. The van der Waals surface area contributed by atoms with Gasteiger partial charge < -0.3 is 20.3 Å². The molecule has 1 aromatic rings. The number of aliphatic hydroxyl groups excluding tert-OH is 1. The molecule has 0 aliphatic heterocycles.